The van der Waals surface area contributed by atoms with Crippen LogP contribution in [0.2, 0.25) is 0 Å². The lowest BCUT2D eigenvalue weighted by molar-refractivity contribution is 0.600. The Kier molecular flexibility index (Phi) is 4.20. The van der Waals surface area contributed by atoms with E-state index in [9.17, 15) is 13.2 Å². The van der Waals surface area contributed by atoms with Crippen LogP contribution in [-0.2, 0) is 30.5 Å². The average Bonchev–Trinajstić information content (AvgIpc) is 2.78. The van der Waals surface area contributed by atoms with Crippen molar-refractivity contribution in [2.75, 3.05) is 4.72 Å². The van der Waals surface area contributed by atoms with Crippen LogP contribution >= 0.6 is 0 Å². The topological polar surface area (TPSA) is 73.1 Å². The molecule has 7 heteroatoms. The molecule has 25 heavy (non-hydrogen) atoms. The van der Waals surface area contributed by atoms with Crippen LogP contribution in [0.3, 0.4) is 0 Å². The van der Waals surface area contributed by atoms with Crippen LogP contribution < -0.4 is 10.4 Å². The molecule has 3 rings (SSSR count). The molecule has 2 aromatic carbocycles. The van der Waals surface area contributed by atoms with Gasteiger partial charge in [-0.1, -0.05) is 25.1 Å². The van der Waals surface area contributed by atoms with Crippen molar-refractivity contribution in [3.05, 3.63) is 58.0 Å². The van der Waals surface area contributed by atoms with Crippen LogP contribution in [0, 0.1) is 6.92 Å². The van der Waals surface area contributed by atoms with Crippen molar-refractivity contribution >= 4 is 26.7 Å². The number of nitrogens with zero attached hydrogens (tertiary/aromatic N) is 2. The molecule has 0 unspecified atom stereocenters. The monoisotopic (exact) mass is 359 g/mol. The molecular formula is C18H21N3O3S. The second kappa shape index (κ2) is 6.07. The molecular weight excluding hydrogens is 338 g/mol. The van der Waals surface area contributed by atoms with Gasteiger partial charge in [0.15, 0.2) is 0 Å². The van der Waals surface area contributed by atoms with Gasteiger partial charge in [-0.3, -0.25) is 13.9 Å². The number of nitrogens with one attached hydrogen (secondary N) is 1. The molecule has 3 aromatic rings. The van der Waals surface area contributed by atoms with E-state index in [0.29, 0.717) is 22.3 Å². The van der Waals surface area contributed by atoms with Crippen molar-refractivity contribution in [3.63, 3.8) is 0 Å². The minimum absolute atomic E-state index is 0.173. The lowest BCUT2D eigenvalue weighted by Gasteiger charge is -2.13. The zero-order chi connectivity index (χ0) is 18.4. The van der Waals surface area contributed by atoms with Crippen LogP contribution in [0.4, 0.5) is 5.69 Å². The molecule has 132 valence electrons. The van der Waals surface area contributed by atoms with E-state index in [1.807, 2.05) is 19.1 Å². The van der Waals surface area contributed by atoms with Gasteiger partial charge in [0, 0.05) is 14.1 Å². The molecule has 6 nitrogen and oxygen atoms in total. The molecule has 1 N–H and O–H groups in total. The number of benzene rings is 2. The lowest BCUT2D eigenvalue weighted by Crippen LogP contribution is -2.19. The minimum Gasteiger partial charge on any atom is -0.295 e. The number of hydrogen-bond acceptors (Lipinski definition) is 3. The number of aromatic nitrogens is 2. The molecule has 0 fully saturated rings. The fourth-order valence-corrected chi connectivity index (χ4v) is 4.40. The Morgan fingerprint density at radius 1 is 1.04 bits per heavy atom. The van der Waals surface area contributed by atoms with E-state index in [0.717, 1.165) is 12.0 Å². The summed E-state index contributed by atoms with van der Waals surface area (Å²) in [5.74, 6) is 0. The van der Waals surface area contributed by atoms with E-state index in [2.05, 4.69) is 4.72 Å². The molecule has 1 aromatic heterocycles. The lowest BCUT2D eigenvalue weighted by atomic mass is 10.1. The van der Waals surface area contributed by atoms with Gasteiger partial charge in [-0.15, -0.1) is 0 Å². The molecule has 0 saturated heterocycles. The number of anilines is 1. The third-order valence-electron chi connectivity index (χ3n) is 4.50. The highest BCUT2D eigenvalue weighted by Gasteiger charge is 2.21. The summed E-state index contributed by atoms with van der Waals surface area (Å²) in [6.07, 6.45) is 0.726. The predicted octanol–water partition coefficient (Wildman–Crippen LogP) is 2.55. The van der Waals surface area contributed by atoms with Gasteiger partial charge in [-0.2, -0.15) is 0 Å². The summed E-state index contributed by atoms with van der Waals surface area (Å²) in [6, 6.07) is 10.6. The number of imidazole rings is 1. The Balaban J connectivity index is 2.16. The van der Waals surface area contributed by atoms with Gasteiger partial charge in [0.1, 0.15) is 0 Å². The van der Waals surface area contributed by atoms with E-state index < -0.39 is 10.0 Å². The Labute approximate surface area is 146 Å². The highest BCUT2D eigenvalue weighted by molar-refractivity contribution is 7.92. The molecule has 0 aliphatic heterocycles. The Bertz CT molecular complexity index is 1120. The first kappa shape index (κ1) is 17.3. The van der Waals surface area contributed by atoms with Crippen molar-refractivity contribution in [2.24, 2.45) is 14.1 Å². The highest BCUT2D eigenvalue weighted by atomic mass is 32.2. The van der Waals surface area contributed by atoms with Crippen LogP contribution in [-0.4, -0.2) is 17.6 Å². The van der Waals surface area contributed by atoms with Crippen LogP contribution in [0.5, 0.6) is 0 Å². The van der Waals surface area contributed by atoms with E-state index in [4.69, 9.17) is 0 Å². The average molecular weight is 359 g/mol. The normalized spacial score (nSPS) is 11.8. The second-order valence-corrected chi connectivity index (χ2v) is 7.77. The van der Waals surface area contributed by atoms with Crippen molar-refractivity contribution < 1.29 is 8.42 Å². The second-order valence-electron chi connectivity index (χ2n) is 6.12. The summed E-state index contributed by atoms with van der Waals surface area (Å²) in [7, 11) is -0.453. The van der Waals surface area contributed by atoms with E-state index in [-0.39, 0.29) is 10.6 Å². The first-order valence-corrected chi connectivity index (χ1v) is 9.51. The summed E-state index contributed by atoms with van der Waals surface area (Å²) in [5, 5.41) is 0. The number of para-hydroxylation sites is 1. The van der Waals surface area contributed by atoms with Crippen molar-refractivity contribution in [1.29, 1.82) is 0 Å². The largest absolute Gasteiger partial charge is 0.328 e. The zero-order valence-electron chi connectivity index (χ0n) is 14.7. The molecule has 0 saturated carbocycles. The maximum atomic E-state index is 12.9. The molecule has 1 heterocycles. The third kappa shape index (κ3) is 2.84. The summed E-state index contributed by atoms with van der Waals surface area (Å²) in [4.78, 5) is 12.3. The molecule has 0 bridgehead atoms. The molecule has 0 spiro atoms. The van der Waals surface area contributed by atoms with Gasteiger partial charge in [0.2, 0.25) is 0 Å². The third-order valence-corrected chi connectivity index (χ3v) is 6.01. The fraction of sp³-hybridized carbons (Fsp3) is 0.278. The van der Waals surface area contributed by atoms with E-state index in [1.54, 1.807) is 45.3 Å². The Morgan fingerprint density at radius 3 is 2.28 bits per heavy atom. The van der Waals surface area contributed by atoms with E-state index >= 15 is 0 Å². The summed E-state index contributed by atoms with van der Waals surface area (Å²) < 4.78 is 31.5. The molecule has 0 aliphatic rings. The van der Waals surface area contributed by atoms with Crippen molar-refractivity contribution in [2.45, 2.75) is 25.2 Å². The molecule has 0 atom stereocenters. The van der Waals surface area contributed by atoms with Gasteiger partial charge < -0.3 is 0 Å². The first-order valence-electron chi connectivity index (χ1n) is 8.03. The van der Waals surface area contributed by atoms with E-state index in [1.165, 1.54) is 9.13 Å². The Morgan fingerprint density at radius 2 is 1.64 bits per heavy atom. The molecule has 0 aliphatic carbocycles. The highest BCUT2D eigenvalue weighted by Crippen LogP contribution is 2.26. The van der Waals surface area contributed by atoms with Crippen LogP contribution in [0.15, 0.2) is 46.1 Å². The maximum Gasteiger partial charge on any atom is 0.328 e. The summed E-state index contributed by atoms with van der Waals surface area (Å²) >= 11 is 0. The van der Waals surface area contributed by atoms with Gasteiger partial charge in [-0.25, -0.2) is 13.2 Å². The summed E-state index contributed by atoms with van der Waals surface area (Å²) in [5.41, 5.74) is 3.20. The number of rotatable bonds is 4. The minimum atomic E-state index is -3.76. The van der Waals surface area contributed by atoms with Crippen molar-refractivity contribution in [3.8, 4) is 0 Å². The summed E-state index contributed by atoms with van der Waals surface area (Å²) in [6.45, 7) is 3.71. The number of fused-ring (bicyclic) bond motifs is 1. The van der Waals surface area contributed by atoms with Crippen molar-refractivity contribution in [1.82, 2.24) is 9.13 Å². The first-order chi connectivity index (χ1) is 11.8. The number of hydrogen-bond donors (Lipinski definition) is 1. The van der Waals surface area contributed by atoms with Gasteiger partial charge in [0.25, 0.3) is 10.0 Å². The number of aryl methyl sites for hydroxylation is 4. The Hall–Kier alpha value is -2.54. The zero-order valence-corrected chi connectivity index (χ0v) is 15.5. The quantitative estimate of drug-likeness (QED) is 0.778. The number of sulfonamides is 1. The van der Waals surface area contributed by atoms with Crippen LogP contribution in [0.1, 0.15) is 18.1 Å². The predicted molar refractivity (Wildman–Crippen MR) is 99.5 cm³/mol. The standard InChI is InChI=1S/C18H21N3O3S/c1-5-13-8-6-7-9-14(13)19-25(23,24)17-11-16-15(10-12(17)2)20(3)18(22)21(16)4/h6-11,19H,5H2,1-4H3. The van der Waals surface area contributed by atoms with Gasteiger partial charge in [0.05, 0.1) is 21.6 Å². The fourth-order valence-electron chi connectivity index (χ4n) is 3.05. The molecule has 0 amide bonds. The van der Waals surface area contributed by atoms with Gasteiger partial charge >= 0.3 is 5.69 Å². The molecule has 0 radical (unpaired) electrons. The van der Waals surface area contributed by atoms with Crippen LogP contribution in [0.25, 0.3) is 11.0 Å². The smallest absolute Gasteiger partial charge is 0.295 e. The van der Waals surface area contributed by atoms with Gasteiger partial charge in [-0.05, 0) is 42.7 Å². The maximum absolute atomic E-state index is 12.9. The SMILES string of the molecule is CCc1ccccc1NS(=O)(=O)c1cc2c(cc1C)n(C)c(=O)n2C.